The van der Waals surface area contributed by atoms with Crippen molar-refractivity contribution >= 4 is 11.0 Å². The second kappa shape index (κ2) is 16.0. The van der Waals surface area contributed by atoms with E-state index < -0.39 is 0 Å². The van der Waals surface area contributed by atoms with E-state index in [0.717, 1.165) is 66.9 Å². The zero-order valence-corrected chi connectivity index (χ0v) is 41.8. The molecule has 2 aromatic heterocycles. The minimum Gasteiger partial charge on any atom is -0.507 e. The van der Waals surface area contributed by atoms with E-state index >= 15 is 0 Å². The molecule has 1 N–H and O–H groups in total. The molecule has 4 nitrogen and oxygen atoms in total. The third-order valence-electron chi connectivity index (χ3n) is 14.3. The van der Waals surface area contributed by atoms with Gasteiger partial charge in [0, 0.05) is 33.9 Å². The van der Waals surface area contributed by atoms with E-state index in [-0.39, 0.29) is 27.4 Å². The van der Waals surface area contributed by atoms with E-state index in [9.17, 15) is 5.11 Å². The van der Waals surface area contributed by atoms with E-state index in [4.69, 9.17) is 9.97 Å². The zero-order chi connectivity index (χ0) is 48.1. The monoisotopic (exact) mass is 889 g/mol. The molecule has 4 heteroatoms. The molecule has 68 heavy (non-hydrogen) atoms. The summed E-state index contributed by atoms with van der Waals surface area (Å²) in [5.74, 6) is 0.962. The molecule has 340 valence electrons. The predicted molar refractivity (Wildman–Crippen MR) is 286 cm³/mol. The number of imidazole rings is 1. The fraction of sp³-hybridized carbons (Fsp3) is 0.250. The average molecular weight is 890 g/mol. The second-order valence-corrected chi connectivity index (χ2v) is 22.7. The van der Waals surface area contributed by atoms with Crippen LogP contribution in [-0.4, -0.2) is 19.6 Å². The molecule has 1 aliphatic carbocycles. The fourth-order valence-corrected chi connectivity index (χ4v) is 10.2. The zero-order valence-electron chi connectivity index (χ0n) is 41.8. The van der Waals surface area contributed by atoms with Gasteiger partial charge in [0.15, 0.2) is 0 Å². The van der Waals surface area contributed by atoms with E-state index in [1.165, 1.54) is 44.5 Å². The number of aryl methyl sites for hydroxylation is 1. The Morgan fingerprint density at radius 2 is 1.15 bits per heavy atom. The van der Waals surface area contributed by atoms with Gasteiger partial charge in [-0.25, -0.2) is 4.98 Å². The van der Waals surface area contributed by atoms with E-state index in [1.807, 2.05) is 0 Å². The molecule has 0 bridgehead atoms. The SMILES string of the molecule is Cc1ccc(-n2c(-c3cc(C(C)(C)C)cc(C(C)(C)C)c3O)nc3c(-c4cc(-c5cc6c(cn5)C(C)(C)c5cc(-c7ccccc7)ccc5-6)cc(C(C)(C)C)c4)cccc32)c(-c2ccccc2)c1. The minimum atomic E-state index is -0.320. The smallest absolute Gasteiger partial charge is 0.149 e. The molecular weight excluding hydrogens is 827 g/mol. The first-order valence-electron chi connectivity index (χ1n) is 24.1. The molecule has 0 saturated carbocycles. The first-order chi connectivity index (χ1) is 32.2. The van der Waals surface area contributed by atoms with Gasteiger partial charge in [0.25, 0.3) is 0 Å². The first kappa shape index (κ1) is 44.8. The number of hydrogen-bond acceptors (Lipinski definition) is 3. The van der Waals surface area contributed by atoms with Crippen molar-refractivity contribution in [3.05, 3.63) is 191 Å². The summed E-state index contributed by atoms with van der Waals surface area (Å²) in [5, 5.41) is 12.5. The molecule has 0 atom stereocenters. The Labute approximate surface area is 403 Å². The van der Waals surface area contributed by atoms with Crippen molar-refractivity contribution in [2.75, 3.05) is 0 Å². The lowest BCUT2D eigenvalue weighted by Gasteiger charge is -2.27. The Morgan fingerprint density at radius 1 is 0.485 bits per heavy atom. The van der Waals surface area contributed by atoms with Gasteiger partial charge in [0.1, 0.15) is 11.6 Å². The Kier molecular flexibility index (Phi) is 10.6. The van der Waals surface area contributed by atoms with Crippen molar-refractivity contribution in [1.82, 2.24) is 14.5 Å². The van der Waals surface area contributed by atoms with Crippen LogP contribution in [0.3, 0.4) is 0 Å². The Hall–Kier alpha value is -7.04. The summed E-state index contributed by atoms with van der Waals surface area (Å²) in [6.07, 6.45) is 2.11. The average Bonchev–Trinajstić information content (AvgIpc) is 3.80. The molecule has 10 rings (SSSR count). The first-order valence-corrected chi connectivity index (χ1v) is 24.1. The molecule has 0 fully saturated rings. The molecule has 0 unspecified atom stereocenters. The van der Waals surface area contributed by atoms with Crippen molar-refractivity contribution in [3.8, 4) is 78.6 Å². The van der Waals surface area contributed by atoms with Gasteiger partial charge in [0.2, 0.25) is 0 Å². The summed E-state index contributed by atoms with van der Waals surface area (Å²) in [7, 11) is 0. The van der Waals surface area contributed by atoms with Crippen LogP contribution in [-0.2, 0) is 21.7 Å². The summed E-state index contributed by atoms with van der Waals surface area (Å²) in [6, 6.07) is 55.0. The van der Waals surface area contributed by atoms with Gasteiger partial charge in [-0.15, -0.1) is 0 Å². The Balaban J connectivity index is 1.21. The number of nitrogens with zero attached hydrogens (tertiary/aromatic N) is 3. The Bertz CT molecular complexity index is 3420. The third-order valence-corrected chi connectivity index (χ3v) is 14.3. The summed E-state index contributed by atoms with van der Waals surface area (Å²) < 4.78 is 2.29. The lowest BCUT2D eigenvalue weighted by Crippen LogP contribution is -2.17. The van der Waals surface area contributed by atoms with E-state index in [2.05, 4.69) is 246 Å². The predicted octanol–water partition coefficient (Wildman–Crippen LogP) is 17.0. The van der Waals surface area contributed by atoms with Crippen LogP contribution in [0.1, 0.15) is 110 Å². The van der Waals surface area contributed by atoms with Crippen LogP contribution in [0.25, 0.3) is 83.9 Å². The summed E-state index contributed by atoms with van der Waals surface area (Å²) in [4.78, 5) is 11.0. The highest BCUT2D eigenvalue weighted by Gasteiger charge is 2.37. The van der Waals surface area contributed by atoms with Crippen LogP contribution in [0.15, 0.2) is 158 Å². The molecule has 7 aromatic carbocycles. The van der Waals surface area contributed by atoms with Crippen molar-refractivity contribution in [2.45, 2.75) is 105 Å². The maximum atomic E-state index is 12.5. The molecule has 1 aliphatic rings. The van der Waals surface area contributed by atoms with Gasteiger partial charge >= 0.3 is 0 Å². The fourth-order valence-electron chi connectivity index (χ4n) is 10.2. The number of pyridine rings is 1. The molecule has 0 amide bonds. The van der Waals surface area contributed by atoms with Crippen LogP contribution in [0.4, 0.5) is 0 Å². The number of hydrogen-bond donors (Lipinski definition) is 1. The highest BCUT2D eigenvalue weighted by Crippen LogP contribution is 2.51. The molecule has 9 aromatic rings. The van der Waals surface area contributed by atoms with E-state index in [0.29, 0.717) is 5.82 Å². The highest BCUT2D eigenvalue weighted by molar-refractivity contribution is 5.98. The number of aromatic nitrogens is 3. The maximum Gasteiger partial charge on any atom is 0.149 e. The van der Waals surface area contributed by atoms with Crippen LogP contribution in [0, 0.1) is 6.92 Å². The standard InChI is InChI=1S/C64H63N3O/c1-39-26-29-56(49(30-39)41-22-17-14-18-23-41)67-57-25-19-24-47(58(57)66-60(67)51-35-46(62(5,6)7)36-53(59(51)68)63(8,9)10)43-31-44(33-45(32-43)61(2,3)4)55-37-50-48-28-27-42(40-20-15-13-16-21-40)34-52(48)64(11,12)54(50)38-65-55/h13-38,68H,1-12H3. The van der Waals surface area contributed by atoms with Gasteiger partial charge in [-0.3, -0.25) is 9.55 Å². The second-order valence-electron chi connectivity index (χ2n) is 22.7. The van der Waals surface area contributed by atoms with Crippen molar-refractivity contribution < 1.29 is 5.11 Å². The summed E-state index contributed by atoms with van der Waals surface area (Å²) in [6.45, 7) is 26.9. The topological polar surface area (TPSA) is 50.9 Å². The summed E-state index contributed by atoms with van der Waals surface area (Å²) in [5.41, 5.74) is 21.0. The number of rotatable bonds is 6. The Morgan fingerprint density at radius 3 is 1.82 bits per heavy atom. The number of benzene rings is 7. The quantitative estimate of drug-likeness (QED) is 0.181. The number of phenolic OH excluding ortho intramolecular Hbond substituents is 1. The molecule has 0 radical (unpaired) electrons. The van der Waals surface area contributed by atoms with Crippen LogP contribution in [0.5, 0.6) is 5.75 Å². The van der Waals surface area contributed by atoms with Gasteiger partial charge in [-0.05, 0) is 127 Å². The number of phenols is 1. The van der Waals surface area contributed by atoms with Gasteiger partial charge in [-0.2, -0.15) is 0 Å². The molecule has 2 heterocycles. The highest BCUT2D eigenvalue weighted by atomic mass is 16.3. The van der Waals surface area contributed by atoms with Crippen LogP contribution >= 0.6 is 0 Å². The minimum absolute atomic E-state index is 0.155. The number of para-hydroxylation sites is 1. The third kappa shape index (κ3) is 7.74. The largest absolute Gasteiger partial charge is 0.507 e. The van der Waals surface area contributed by atoms with Gasteiger partial charge in [0.05, 0.1) is 28.0 Å². The van der Waals surface area contributed by atoms with Gasteiger partial charge < -0.3 is 5.11 Å². The van der Waals surface area contributed by atoms with Crippen molar-refractivity contribution in [1.29, 1.82) is 0 Å². The van der Waals surface area contributed by atoms with E-state index in [1.54, 1.807) is 0 Å². The molecule has 0 saturated heterocycles. The number of fused-ring (bicyclic) bond motifs is 4. The number of aromatic hydroxyl groups is 1. The lowest BCUT2D eigenvalue weighted by molar-refractivity contribution is 0.446. The van der Waals surface area contributed by atoms with Crippen molar-refractivity contribution in [2.24, 2.45) is 0 Å². The normalized spacial score (nSPS) is 13.5. The lowest BCUT2D eigenvalue weighted by atomic mass is 9.79. The molecular formula is C64H63N3O. The molecule has 0 spiro atoms. The molecule has 0 aliphatic heterocycles. The summed E-state index contributed by atoms with van der Waals surface area (Å²) >= 11 is 0. The van der Waals surface area contributed by atoms with Crippen LogP contribution < -0.4 is 0 Å². The van der Waals surface area contributed by atoms with Crippen molar-refractivity contribution in [3.63, 3.8) is 0 Å². The van der Waals surface area contributed by atoms with Crippen LogP contribution in [0.2, 0.25) is 0 Å². The maximum absolute atomic E-state index is 12.5. The van der Waals surface area contributed by atoms with Gasteiger partial charge in [-0.1, -0.05) is 185 Å².